The Morgan fingerprint density at radius 2 is 2.21 bits per heavy atom. The quantitative estimate of drug-likeness (QED) is 0.860. The molecule has 6 heteroatoms. The monoisotopic (exact) mass is 261 g/mol. The highest BCUT2D eigenvalue weighted by Gasteiger charge is 2.10. The van der Waals surface area contributed by atoms with Crippen LogP contribution in [0, 0.1) is 0 Å². The predicted octanol–water partition coefficient (Wildman–Crippen LogP) is 1.94. The molecule has 0 amide bonds. The standard InChI is InChI=1S/C13H19N5O/c1-4-6-18-7-5-15-13(18)10-8-11(14-2)17-12(16-10)9-19-3/h5,7-8H,4,6,9H2,1-3H3,(H,14,16,17). The van der Waals surface area contributed by atoms with Gasteiger partial charge in [-0.1, -0.05) is 6.92 Å². The molecule has 2 aromatic rings. The molecule has 0 aromatic carbocycles. The third-order valence-electron chi connectivity index (χ3n) is 2.71. The normalized spacial score (nSPS) is 10.7. The fraction of sp³-hybridized carbons (Fsp3) is 0.462. The van der Waals surface area contributed by atoms with Crippen molar-refractivity contribution in [2.45, 2.75) is 26.5 Å². The molecule has 0 atom stereocenters. The minimum Gasteiger partial charge on any atom is -0.377 e. The van der Waals surface area contributed by atoms with Gasteiger partial charge in [-0.3, -0.25) is 0 Å². The Morgan fingerprint density at radius 3 is 2.89 bits per heavy atom. The van der Waals surface area contributed by atoms with Gasteiger partial charge in [0.05, 0.1) is 0 Å². The number of nitrogens with zero attached hydrogens (tertiary/aromatic N) is 4. The van der Waals surface area contributed by atoms with Gasteiger partial charge in [0.25, 0.3) is 0 Å². The van der Waals surface area contributed by atoms with Crippen LogP contribution in [0.4, 0.5) is 5.82 Å². The molecule has 2 aromatic heterocycles. The molecule has 0 aliphatic carbocycles. The van der Waals surface area contributed by atoms with Crippen molar-refractivity contribution < 1.29 is 4.74 Å². The van der Waals surface area contributed by atoms with Gasteiger partial charge in [-0.05, 0) is 6.42 Å². The third-order valence-corrected chi connectivity index (χ3v) is 2.71. The smallest absolute Gasteiger partial charge is 0.158 e. The van der Waals surface area contributed by atoms with Gasteiger partial charge in [-0.15, -0.1) is 0 Å². The van der Waals surface area contributed by atoms with E-state index in [0.717, 1.165) is 30.3 Å². The lowest BCUT2D eigenvalue weighted by Gasteiger charge is -2.09. The minimum absolute atomic E-state index is 0.386. The first kappa shape index (κ1) is 13.5. The van der Waals surface area contributed by atoms with Crippen LogP contribution < -0.4 is 5.32 Å². The van der Waals surface area contributed by atoms with Crippen molar-refractivity contribution >= 4 is 5.82 Å². The van der Waals surface area contributed by atoms with Crippen molar-refractivity contribution in [2.24, 2.45) is 0 Å². The Morgan fingerprint density at radius 1 is 1.37 bits per heavy atom. The van der Waals surface area contributed by atoms with E-state index in [4.69, 9.17) is 4.74 Å². The summed E-state index contributed by atoms with van der Waals surface area (Å²) in [6.45, 7) is 3.45. The van der Waals surface area contributed by atoms with Gasteiger partial charge >= 0.3 is 0 Å². The van der Waals surface area contributed by atoms with Crippen molar-refractivity contribution in [1.82, 2.24) is 19.5 Å². The molecule has 0 bridgehead atoms. The SMILES string of the molecule is CCCn1ccnc1-c1cc(NC)nc(COC)n1. The van der Waals surface area contributed by atoms with Gasteiger partial charge < -0.3 is 14.6 Å². The molecule has 2 heterocycles. The number of imidazole rings is 1. The third kappa shape index (κ3) is 3.08. The van der Waals surface area contributed by atoms with Crippen molar-refractivity contribution in [2.75, 3.05) is 19.5 Å². The second-order valence-electron chi connectivity index (χ2n) is 4.18. The van der Waals surface area contributed by atoms with E-state index in [1.165, 1.54) is 0 Å². The number of aryl methyl sites for hydroxylation is 1. The van der Waals surface area contributed by atoms with E-state index in [2.05, 4.69) is 31.8 Å². The zero-order valence-electron chi connectivity index (χ0n) is 11.6. The summed E-state index contributed by atoms with van der Waals surface area (Å²) < 4.78 is 7.19. The predicted molar refractivity (Wildman–Crippen MR) is 73.8 cm³/mol. The minimum atomic E-state index is 0.386. The van der Waals surface area contributed by atoms with Gasteiger partial charge in [0.1, 0.15) is 18.1 Å². The Hall–Kier alpha value is -1.95. The molecule has 102 valence electrons. The molecule has 6 nitrogen and oxygen atoms in total. The highest BCUT2D eigenvalue weighted by Crippen LogP contribution is 2.19. The summed E-state index contributed by atoms with van der Waals surface area (Å²) in [5.74, 6) is 2.27. The van der Waals surface area contributed by atoms with E-state index in [0.29, 0.717) is 12.4 Å². The number of rotatable bonds is 6. The van der Waals surface area contributed by atoms with Crippen molar-refractivity contribution in [1.29, 1.82) is 0 Å². The zero-order chi connectivity index (χ0) is 13.7. The second kappa shape index (κ2) is 6.29. The number of hydrogen-bond acceptors (Lipinski definition) is 5. The average Bonchev–Trinajstić information content (AvgIpc) is 2.87. The van der Waals surface area contributed by atoms with Gasteiger partial charge in [0.15, 0.2) is 11.6 Å². The molecule has 19 heavy (non-hydrogen) atoms. The van der Waals surface area contributed by atoms with E-state index >= 15 is 0 Å². The molecule has 0 aliphatic heterocycles. The maximum absolute atomic E-state index is 5.10. The van der Waals surface area contributed by atoms with Crippen LogP contribution in [0.2, 0.25) is 0 Å². The molecule has 0 unspecified atom stereocenters. The summed E-state index contributed by atoms with van der Waals surface area (Å²) in [6, 6.07) is 1.90. The number of nitrogens with one attached hydrogen (secondary N) is 1. The summed E-state index contributed by atoms with van der Waals surface area (Å²) in [5.41, 5.74) is 0.810. The lowest BCUT2D eigenvalue weighted by Crippen LogP contribution is -2.06. The molecular weight excluding hydrogens is 242 g/mol. The molecule has 0 spiro atoms. The largest absolute Gasteiger partial charge is 0.377 e. The highest BCUT2D eigenvalue weighted by atomic mass is 16.5. The fourth-order valence-electron chi connectivity index (χ4n) is 1.90. The van der Waals surface area contributed by atoms with Crippen LogP contribution in [0.5, 0.6) is 0 Å². The lowest BCUT2D eigenvalue weighted by atomic mass is 10.3. The average molecular weight is 261 g/mol. The molecular formula is C13H19N5O. The van der Waals surface area contributed by atoms with Gasteiger partial charge in [-0.2, -0.15) is 0 Å². The fourth-order valence-corrected chi connectivity index (χ4v) is 1.90. The molecule has 0 saturated heterocycles. The van der Waals surface area contributed by atoms with Crippen LogP contribution in [0.25, 0.3) is 11.5 Å². The molecule has 0 saturated carbocycles. The van der Waals surface area contributed by atoms with Crippen molar-refractivity contribution in [3.63, 3.8) is 0 Å². The van der Waals surface area contributed by atoms with Crippen LogP contribution in [0.15, 0.2) is 18.5 Å². The van der Waals surface area contributed by atoms with Crippen LogP contribution >= 0.6 is 0 Å². The number of methoxy groups -OCH3 is 1. The maximum atomic E-state index is 5.10. The van der Waals surface area contributed by atoms with Crippen LogP contribution in [-0.2, 0) is 17.9 Å². The summed E-state index contributed by atoms with van der Waals surface area (Å²) in [4.78, 5) is 13.2. The summed E-state index contributed by atoms with van der Waals surface area (Å²) in [5, 5.41) is 3.04. The first-order chi connectivity index (χ1) is 9.28. The topological polar surface area (TPSA) is 64.9 Å². The Kier molecular flexibility index (Phi) is 4.46. The van der Waals surface area contributed by atoms with Crippen molar-refractivity contribution in [3.05, 3.63) is 24.3 Å². The number of ether oxygens (including phenoxy) is 1. The first-order valence-electron chi connectivity index (χ1n) is 6.34. The maximum Gasteiger partial charge on any atom is 0.158 e. The Labute approximate surface area is 112 Å². The molecule has 0 aliphatic rings. The van der Waals surface area contributed by atoms with E-state index in [-0.39, 0.29) is 0 Å². The number of aromatic nitrogens is 4. The number of anilines is 1. The van der Waals surface area contributed by atoms with E-state index < -0.39 is 0 Å². The van der Waals surface area contributed by atoms with Crippen molar-refractivity contribution in [3.8, 4) is 11.5 Å². The zero-order valence-corrected chi connectivity index (χ0v) is 11.6. The molecule has 2 rings (SSSR count). The molecule has 1 N–H and O–H groups in total. The van der Waals surface area contributed by atoms with Gasteiger partial charge in [-0.25, -0.2) is 15.0 Å². The van der Waals surface area contributed by atoms with Crippen LogP contribution in [-0.4, -0.2) is 33.7 Å². The Balaban J connectivity index is 2.42. The van der Waals surface area contributed by atoms with Gasteiger partial charge in [0, 0.05) is 39.2 Å². The second-order valence-corrected chi connectivity index (χ2v) is 4.18. The molecule has 0 radical (unpaired) electrons. The van der Waals surface area contributed by atoms with Gasteiger partial charge in [0.2, 0.25) is 0 Å². The van der Waals surface area contributed by atoms with E-state index in [9.17, 15) is 0 Å². The Bertz CT molecular complexity index is 538. The molecule has 0 fully saturated rings. The van der Waals surface area contributed by atoms with E-state index in [1.807, 2.05) is 19.3 Å². The number of hydrogen-bond donors (Lipinski definition) is 1. The van der Waals surface area contributed by atoms with E-state index in [1.54, 1.807) is 13.3 Å². The van der Waals surface area contributed by atoms with Crippen LogP contribution in [0.3, 0.4) is 0 Å². The summed E-state index contributed by atoms with van der Waals surface area (Å²) >= 11 is 0. The van der Waals surface area contributed by atoms with Crippen LogP contribution in [0.1, 0.15) is 19.2 Å². The first-order valence-corrected chi connectivity index (χ1v) is 6.34. The lowest BCUT2D eigenvalue weighted by molar-refractivity contribution is 0.178. The summed E-state index contributed by atoms with van der Waals surface area (Å²) in [6.07, 6.45) is 4.82. The highest BCUT2D eigenvalue weighted by molar-refractivity contribution is 5.55. The summed E-state index contributed by atoms with van der Waals surface area (Å²) in [7, 11) is 3.47.